The van der Waals surface area contributed by atoms with Gasteiger partial charge in [0.05, 0.1) is 6.61 Å². The Morgan fingerprint density at radius 2 is 1.34 bits per heavy atom. The second-order valence-corrected chi connectivity index (χ2v) is 12.7. The van der Waals surface area contributed by atoms with Gasteiger partial charge in [0.2, 0.25) is 0 Å². The molecule has 5 rings (SSSR count). The van der Waals surface area contributed by atoms with Gasteiger partial charge in [-0.05, 0) is 48.8 Å². The van der Waals surface area contributed by atoms with Gasteiger partial charge in [-0.15, -0.1) is 0 Å². The number of hydrazine groups is 1. The van der Waals surface area contributed by atoms with Crippen molar-refractivity contribution in [2.75, 3.05) is 25.8 Å². The number of fused-ring (bicyclic) bond motifs is 1. The molecule has 0 aliphatic carbocycles. The van der Waals surface area contributed by atoms with Crippen LogP contribution in [0.3, 0.4) is 0 Å². The highest BCUT2D eigenvalue weighted by atomic mass is 31.2. The van der Waals surface area contributed by atoms with Crippen LogP contribution in [0.15, 0.2) is 91.0 Å². The number of carbonyl (C=O) groups is 1. The highest BCUT2D eigenvalue weighted by Crippen LogP contribution is 2.48. The molecule has 0 bridgehead atoms. The van der Waals surface area contributed by atoms with Crippen LogP contribution in [0, 0.1) is 0 Å². The molecular weight excluding hydrogens is 493 g/mol. The fourth-order valence-corrected chi connectivity index (χ4v) is 7.76. The summed E-state index contributed by atoms with van der Waals surface area (Å²) in [5.74, 6) is 0.0156. The normalized spacial score (nSPS) is 21.9. The summed E-state index contributed by atoms with van der Waals surface area (Å²) in [6.07, 6.45) is 4.93. The van der Waals surface area contributed by atoms with E-state index in [0.717, 1.165) is 49.0 Å². The summed E-state index contributed by atoms with van der Waals surface area (Å²) in [4.78, 5) is 14.4. The number of rotatable bonds is 10. The quantitative estimate of drug-likeness (QED) is 0.333. The lowest BCUT2D eigenvalue weighted by Gasteiger charge is -2.42. The average molecular weight is 532 g/mol. The molecule has 2 aliphatic rings. The number of benzene rings is 3. The Morgan fingerprint density at radius 3 is 2.03 bits per heavy atom. The summed E-state index contributed by atoms with van der Waals surface area (Å²) < 4.78 is 21.0. The maximum Gasteiger partial charge on any atom is 0.271 e. The standard InChI is InChI=1S/C31H38N3O3P/c35-30-31(25-28-15-6-2-7-16-28,20-12-22-33-21-10-11-23-34(30)33)32-38(36,24-19-27-13-4-1-5-14-27)37-26-29-17-8-3-9-18-29/h1-9,13-18H,10-12,19-26H2,(H,32,36)/t31-,38?/m1/s1. The molecule has 2 atom stereocenters. The van der Waals surface area contributed by atoms with Crippen molar-refractivity contribution in [1.82, 2.24) is 15.1 Å². The van der Waals surface area contributed by atoms with Gasteiger partial charge in [-0.2, -0.15) is 0 Å². The first-order valence-electron chi connectivity index (χ1n) is 13.8. The Balaban J connectivity index is 1.47. The Hall–Kier alpha value is -2.76. The zero-order chi connectivity index (χ0) is 26.3. The number of hydrogen-bond donors (Lipinski definition) is 1. The molecule has 7 heteroatoms. The predicted octanol–water partition coefficient (Wildman–Crippen LogP) is 5.84. The van der Waals surface area contributed by atoms with E-state index < -0.39 is 13.1 Å². The summed E-state index contributed by atoms with van der Waals surface area (Å²) in [6, 6.07) is 30.0. The van der Waals surface area contributed by atoms with Gasteiger partial charge in [0.15, 0.2) is 0 Å². The second kappa shape index (κ2) is 12.4. The molecular formula is C31H38N3O3P. The lowest BCUT2D eigenvalue weighted by molar-refractivity contribution is -0.157. The van der Waals surface area contributed by atoms with Crippen molar-refractivity contribution < 1.29 is 13.9 Å². The van der Waals surface area contributed by atoms with Crippen LogP contribution in [-0.2, 0) is 33.3 Å². The zero-order valence-corrected chi connectivity index (χ0v) is 22.9. The van der Waals surface area contributed by atoms with E-state index in [4.69, 9.17) is 4.52 Å². The lowest BCUT2D eigenvalue weighted by atomic mass is 9.86. The summed E-state index contributed by atoms with van der Waals surface area (Å²) in [6.45, 7) is 2.66. The largest absolute Gasteiger partial charge is 0.313 e. The monoisotopic (exact) mass is 531 g/mol. The van der Waals surface area contributed by atoms with Crippen LogP contribution in [0.25, 0.3) is 0 Å². The third-order valence-corrected chi connectivity index (χ3v) is 9.72. The van der Waals surface area contributed by atoms with Crippen LogP contribution in [-0.4, -0.2) is 47.3 Å². The minimum absolute atomic E-state index is 0.0156. The molecule has 1 amide bonds. The zero-order valence-electron chi connectivity index (χ0n) is 22.0. The van der Waals surface area contributed by atoms with Crippen LogP contribution in [0.5, 0.6) is 0 Å². The van der Waals surface area contributed by atoms with Crippen LogP contribution >= 0.6 is 7.52 Å². The molecule has 2 saturated heterocycles. The van der Waals surface area contributed by atoms with Crippen molar-refractivity contribution in [3.63, 3.8) is 0 Å². The van der Waals surface area contributed by atoms with Crippen LogP contribution in [0.4, 0.5) is 0 Å². The summed E-state index contributed by atoms with van der Waals surface area (Å²) in [5.41, 5.74) is 2.11. The number of hydrogen-bond acceptors (Lipinski definition) is 4. The number of nitrogens with zero attached hydrogens (tertiary/aromatic N) is 2. The van der Waals surface area contributed by atoms with Gasteiger partial charge in [0, 0.05) is 32.2 Å². The molecule has 2 heterocycles. The smallest absolute Gasteiger partial charge is 0.271 e. The van der Waals surface area contributed by atoms with Gasteiger partial charge >= 0.3 is 0 Å². The van der Waals surface area contributed by atoms with E-state index in [1.54, 1.807) is 0 Å². The number of amides is 1. The minimum atomic E-state index is -3.44. The molecule has 0 saturated carbocycles. The van der Waals surface area contributed by atoms with Crippen molar-refractivity contribution >= 4 is 13.4 Å². The molecule has 38 heavy (non-hydrogen) atoms. The number of aryl methyl sites for hydroxylation is 1. The molecule has 200 valence electrons. The summed E-state index contributed by atoms with van der Waals surface area (Å²) in [7, 11) is -3.44. The van der Waals surface area contributed by atoms with Gasteiger partial charge in [0.25, 0.3) is 13.4 Å². The Labute approximate surface area is 226 Å². The van der Waals surface area contributed by atoms with Gasteiger partial charge in [-0.25, -0.2) is 10.1 Å². The molecule has 2 aliphatic heterocycles. The van der Waals surface area contributed by atoms with Crippen LogP contribution in [0.1, 0.15) is 42.4 Å². The maximum absolute atomic E-state index is 14.7. The third kappa shape index (κ3) is 6.62. The molecule has 2 fully saturated rings. The Bertz CT molecular complexity index is 1180. The van der Waals surface area contributed by atoms with Crippen molar-refractivity contribution in [2.45, 2.75) is 50.7 Å². The third-order valence-electron chi connectivity index (χ3n) is 7.59. The summed E-state index contributed by atoms with van der Waals surface area (Å²) >= 11 is 0. The van der Waals surface area contributed by atoms with Crippen molar-refractivity contribution in [2.24, 2.45) is 0 Å². The number of nitrogens with one attached hydrogen (secondary N) is 1. The first kappa shape index (κ1) is 26.8. The Kier molecular flexibility index (Phi) is 8.75. The van der Waals surface area contributed by atoms with E-state index >= 15 is 0 Å². The molecule has 1 unspecified atom stereocenters. The van der Waals surface area contributed by atoms with Gasteiger partial charge in [-0.1, -0.05) is 91.0 Å². The molecule has 0 aromatic heterocycles. The Morgan fingerprint density at radius 1 is 0.763 bits per heavy atom. The fraction of sp³-hybridized carbons (Fsp3) is 0.387. The molecule has 3 aromatic rings. The second-order valence-electron chi connectivity index (χ2n) is 10.4. The topological polar surface area (TPSA) is 61.9 Å². The van der Waals surface area contributed by atoms with Crippen LogP contribution in [0.2, 0.25) is 0 Å². The SMILES string of the molecule is O=C1N2CCCCN2CCC[C@]1(Cc1ccccc1)NP(=O)(CCc1ccccc1)OCc1ccccc1. The van der Waals surface area contributed by atoms with Crippen molar-refractivity contribution in [1.29, 1.82) is 0 Å². The van der Waals surface area contributed by atoms with Crippen LogP contribution < -0.4 is 5.09 Å². The van der Waals surface area contributed by atoms with Gasteiger partial charge in [-0.3, -0.25) is 14.4 Å². The van der Waals surface area contributed by atoms with Gasteiger partial charge in [0.1, 0.15) is 5.54 Å². The highest BCUT2D eigenvalue weighted by molar-refractivity contribution is 7.56. The van der Waals surface area contributed by atoms with E-state index in [1.165, 1.54) is 0 Å². The van der Waals surface area contributed by atoms with E-state index in [-0.39, 0.29) is 12.5 Å². The lowest BCUT2D eigenvalue weighted by Crippen LogP contribution is -2.61. The first-order chi connectivity index (χ1) is 18.6. The average Bonchev–Trinajstić information content (AvgIpc) is 3.09. The van der Waals surface area contributed by atoms with Crippen molar-refractivity contribution in [3.05, 3.63) is 108 Å². The van der Waals surface area contributed by atoms with Gasteiger partial charge < -0.3 is 4.52 Å². The highest BCUT2D eigenvalue weighted by Gasteiger charge is 2.49. The predicted molar refractivity (Wildman–Crippen MR) is 152 cm³/mol. The first-order valence-corrected chi connectivity index (χ1v) is 15.6. The van der Waals surface area contributed by atoms with E-state index in [1.807, 2.05) is 83.9 Å². The fourth-order valence-electron chi connectivity index (χ4n) is 5.60. The molecule has 1 N–H and O–H groups in total. The van der Waals surface area contributed by atoms with E-state index in [2.05, 4.69) is 22.2 Å². The molecule has 3 aromatic carbocycles. The molecule has 0 spiro atoms. The minimum Gasteiger partial charge on any atom is -0.313 e. The number of carbonyl (C=O) groups excluding carboxylic acids is 1. The molecule has 6 nitrogen and oxygen atoms in total. The molecule has 0 radical (unpaired) electrons. The maximum atomic E-state index is 14.7. The van der Waals surface area contributed by atoms with E-state index in [0.29, 0.717) is 32.0 Å². The van der Waals surface area contributed by atoms with E-state index in [9.17, 15) is 9.36 Å². The van der Waals surface area contributed by atoms with Crippen molar-refractivity contribution in [3.8, 4) is 0 Å². The summed E-state index contributed by atoms with van der Waals surface area (Å²) in [5, 5.41) is 7.59.